The maximum Gasteiger partial charge on any atom is 0.0239 e. The normalized spacial score (nSPS) is 17.6. The van der Waals surface area contributed by atoms with Crippen molar-refractivity contribution in [2.75, 3.05) is 13.1 Å². The van der Waals surface area contributed by atoms with Gasteiger partial charge in [-0.1, -0.05) is 32.9 Å². The first-order valence-corrected chi connectivity index (χ1v) is 7.86. The van der Waals surface area contributed by atoms with Crippen LogP contribution in [0, 0.1) is 13.8 Å². The highest BCUT2D eigenvalue weighted by atomic mass is 35.5. The lowest BCUT2D eigenvalue weighted by Gasteiger charge is -2.31. The molecule has 0 atom stereocenters. The second-order valence-electron chi connectivity index (χ2n) is 7.45. The van der Waals surface area contributed by atoms with Crippen molar-refractivity contribution in [1.82, 2.24) is 4.90 Å². The van der Waals surface area contributed by atoms with Gasteiger partial charge in [-0.2, -0.15) is 0 Å². The molecule has 0 unspecified atom stereocenters. The fourth-order valence-electron chi connectivity index (χ4n) is 3.01. The monoisotopic (exact) mass is 310 g/mol. The molecule has 1 saturated heterocycles. The lowest BCUT2D eigenvalue weighted by molar-refractivity contribution is 0.205. The summed E-state index contributed by atoms with van der Waals surface area (Å²) in [6, 6.07) is 5.16. The van der Waals surface area contributed by atoms with Crippen LogP contribution in [0.2, 0.25) is 0 Å². The van der Waals surface area contributed by atoms with Crippen molar-refractivity contribution in [2.45, 2.75) is 65.5 Å². The first-order chi connectivity index (χ1) is 9.27. The topological polar surface area (TPSA) is 29.3 Å². The number of aryl methyl sites for hydroxylation is 2. The number of nitrogens with zero attached hydrogens (tertiary/aromatic N) is 1. The lowest BCUT2D eigenvalue weighted by atomic mass is 9.83. The first-order valence-electron chi connectivity index (χ1n) is 7.86. The summed E-state index contributed by atoms with van der Waals surface area (Å²) in [7, 11) is 0. The maximum absolute atomic E-state index is 5.99. The molecule has 1 aliphatic rings. The zero-order valence-corrected chi connectivity index (χ0v) is 15.0. The average Bonchev–Trinajstić information content (AvgIpc) is 2.34. The van der Waals surface area contributed by atoms with Crippen LogP contribution in [0.4, 0.5) is 0 Å². The second-order valence-corrected chi connectivity index (χ2v) is 7.45. The molecule has 0 saturated carbocycles. The Hall–Kier alpha value is -0.570. The van der Waals surface area contributed by atoms with E-state index in [0.717, 1.165) is 32.5 Å². The Morgan fingerprint density at radius 2 is 1.57 bits per heavy atom. The molecule has 2 nitrogen and oxygen atoms in total. The Labute approximate surface area is 136 Å². The molecule has 3 heteroatoms. The van der Waals surface area contributed by atoms with Crippen LogP contribution in [-0.2, 0) is 12.0 Å². The highest BCUT2D eigenvalue weighted by Crippen LogP contribution is 2.28. The van der Waals surface area contributed by atoms with E-state index < -0.39 is 0 Å². The molecule has 1 fully saturated rings. The highest BCUT2D eigenvalue weighted by molar-refractivity contribution is 5.85. The third-order valence-electron chi connectivity index (χ3n) is 4.58. The third-order valence-corrected chi connectivity index (χ3v) is 4.58. The van der Waals surface area contributed by atoms with Crippen molar-refractivity contribution in [3.05, 3.63) is 34.4 Å². The second kappa shape index (κ2) is 7.13. The fourth-order valence-corrected chi connectivity index (χ4v) is 3.01. The van der Waals surface area contributed by atoms with Crippen molar-refractivity contribution in [3.63, 3.8) is 0 Å². The summed E-state index contributed by atoms with van der Waals surface area (Å²) in [5.41, 5.74) is 12.0. The molecule has 2 N–H and O–H groups in total. The van der Waals surface area contributed by atoms with Crippen LogP contribution in [0.5, 0.6) is 0 Å². The van der Waals surface area contributed by atoms with E-state index in [1.807, 2.05) is 0 Å². The van der Waals surface area contributed by atoms with E-state index in [-0.39, 0.29) is 17.8 Å². The number of halogens is 1. The molecule has 0 spiro atoms. The van der Waals surface area contributed by atoms with Gasteiger partial charge in [-0.25, -0.2) is 0 Å². The van der Waals surface area contributed by atoms with Crippen molar-refractivity contribution < 1.29 is 0 Å². The van der Waals surface area contributed by atoms with Gasteiger partial charge in [-0.15, -0.1) is 12.4 Å². The number of nitrogens with two attached hydrogens (primary N) is 1. The summed E-state index contributed by atoms with van der Waals surface area (Å²) in [4.78, 5) is 2.55. The number of benzene rings is 1. The smallest absolute Gasteiger partial charge is 0.0239 e. The number of rotatable bonds is 2. The number of hydrogen-bond acceptors (Lipinski definition) is 2. The van der Waals surface area contributed by atoms with E-state index >= 15 is 0 Å². The van der Waals surface area contributed by atoms with Gasteiger partial charge in [0.05, 0.1) is 0 Å². The highest BCUT2D eigenvalue weighted by Gasteiger charge is 2.19. The Kier molecular flexibility index (Phi) is 6.27. The van der Waals surface area contributed by atoms with Crippen LogP contribution < -0.4 is 5.73 Å². The van der Waals surface area contributed by atoms with E-state index in [0.29, 0.717) is 6.04 Å². The minimum atomic E-state index is 0. The molecule has 1 aromatic rings. The molecular formula is C18H31ClN2. The standard InChI is InChI=1S/C18H30N2.ClH/c1-13-10-15(18(3,4)5)11-14(2)17(13)12-20-8-6-16(19)7-9-20;/h10-11,16H,6-9,12,19H2,1-5H3;1H. The van der Waals surface area contributed by atoms with E-state index in [1.54, 1.807) is 0 Å². The Balaban J connectivity index is 0.00000220. The van der Waals surface area contributed by atoms with Crippen molar-refractivity contribution in [2.24, 2.45) is 5.73 Å². The molecule has 1 aromatic carbocycles. The molecule has 120 valence electrons. The quantitative estimate of drug-likeness (QED) is 0.896. The fraction of sp³-hybridized carbons (Fsp3) is 0.667. The Morgan fingerprint density at radius 1 is 1.10 bits per heavy atom. The SMILES string of the molecule is Cc1cc(C(C)(C)C)cc(C)c1CN1CCC(N)CC1.Cl. The van der Waals surface area contributed by atoms with Gasteiger partial charge in [0.2, 0.25) is 0 Å². The summed E-state index contributed by atoms with van der Waals surface area (Å²) < 4.78 is 0. The zero-order chi connectivity index (χ0) is 14.9. The van der Waals surface area contributed by atoms with E-state index in [2.05, 4.69) is 51.7 Å². The van der Waals surface area contributed by atoms with Crippen molar-refractivity contribution in [1.29, 1.82) is 0 Å². The van der Waals surface area contributed by atoms with E-state index in [9.17, 15) is 0 Å². The van der Waals surface area contributed by atoms with Crippen LogP contribution >= 0.6 is 12.4 Å². The van der Waals surface area contributed by atoms with Gasteiger partial charge >= 0.3 is 0 Å². The summed E-state index contributed by atoms with van der Waals surface area (Å²) >= 11 is 0. The Morgan fingerprint density at radius 3 is 2.00 bits per heavy atom. The molecule has 21 heavy (non-hydrogen) atoms. The van der Waals surface area contributed by atoms with Gasteiger partial charge in [0.1, 0.15) is 0 Å². The van der Waals surface area contributed by atoms with Crippen LogP contribution in [0.1, 0.15) is 55.9 Å². The molecule has 0 aliphatic carbocycles. The van der Waals surface area contributed by atoms with Gasteiger partial charge in [0, 0.05) is 12.6 Å². The van der Waals surface area contributed by atoms with E-state index in [4.69, 9.17) is 5.73 Å². The predicted octanol–water partition coefficient (Wildman–Crippen LogP) is 3.95. The van der Waals surface area contributed by atoms with Gasteiger partial charge in [-0.05, 0) is 67.4 Å². The molecule has 1 heterocycles. The minimum Gasteiger partial charge on any atom is -0.328 e. The van der Waals surface area contributed by atoms with Crippen LogP contribution in [-0.4, -0.2) is 24.0 Å². The molecule has 1 aliphatic heterocycles. The van der Waals surface area contributed by atoms with Crippen molar-refractivity contribution in [3.8, 4) is 0 Å². The van der Waals surface area contributed by atoms with E-state index in [1.165, 1.54) is 22.3 Å². The molecule has 0 radical (unpaired) electrons. The van der Waals surface area contributed by atoms with Crippen molar-refractivity contribution >= 4 is 12.4 Å². The number of hydrogen-bond donors (Lipinski definition) is 1. The number of piperidine rings is 1. The first kappa shape index (κ1) is 18.5. The van der Waals surface area contributed by atoms with Crippen LogP contribution in [0.3, 0.4) is 0 Å². The van der Waals surface area contributed by atoms with Crippen LogP contribution in [0.25, 0.3) is 0 Å². The molecule has 2 rings (SSSR count). The van der Waals surface area contributed by atoms with Gasteiger partial charge in [0.15, 0.2) is 0 Å². The summed E-state index contributed by atoms with van der Waals surface area (Å²) in [6.45, 7) is 14.7. The lowest BCUT2D eigenvalue weighted by Crippen LogP contribution is -2.39. The summed E-state index contributed by atoms with van der Waals surface area (Å²) in [5, 5.41) is 0. The predicted molar refractivity (Wildman–Crippen MR) is 94.4 cm³/mol. The zero-order valence-electron chi connectivity index (χ0n) is 14.2. The van der Waals surface area contributed by atoms with Gasteiger partial charge < -0.3 is 5.73 Å². The van der Waals surface area contributed by atoms with Gasteiger partial charge in [-0.3, -0.25) is 4.90 Å². The van der Waals surface area contributed by atoms with Gasteiger partial charge in [0.25, 0.3) is 0 Å². The summed E-state index contributed by atoms with van der Waals surface area (Å²) in [5.74, 6) is 0. The largest absolute Gasteiger partial charge is 0.328 e. The minimum absolute atomic E-state index is 0. The molecule has 0 amide bonds. The van der Waals surface area contributed by atoms with Crippen LogP contribution in [0.15, 0.2) is 12.1 Å². The average molecular weight is 311 g/mol. The maximum atomic E-state index is 5.99. The summed E-state index contributed by atoms with van der Waals surface area (Å²) in [6.07, 6.45) is 2.27. The third kappa shape index (κ3) is 4.70. The Bertz CT molecular complexity index is 446. The molecular weight excluding hydrogens is 280 g/mol. The molecule has 0 aromatic heterocycles. The number of likely N-dealkylation sites (tertiary alicyclic amines) is 1. The molecule has 0 bridgehead atoms.